The normalized spacial score (nSPS) is 13.9. The molecule has 88 valence electrons. The molecule has 1 aromatic rings. The van der Waals surface area contributed by atoms with E-state index in [1.54, 1.807) is 0 Å². The van der Waals surface area contributed by atoms with Gasteiger partial charge in [0.25, 0.3) is 0 Å². The van der Waals surface area contributed by atoms with Gasteiger partial charge in [-0.05, 0) is 44.5 Å². The smallest absolute Gasteiger partial charge is 0.0441 e. The molecule has 2 heteroatoms. The molecule has 1 atom stereocenters. The van der Waals surface area contributed by atoms with Crippen LogP contribution >= 0.6 is 11.6 Å². The van der Waals surface area contributed by atoms with Crippen molar-refractivity contribution in [3.8, 4) is 0 Å². The Kier molecular flexibility index (Phi) is 5.04. The van der Waals surface area contributed by atoms with Gasteiger partial charge in [-0.2, -0.15) is 0 Å². The maximum absolute atomic E-state index is 6.09. The van der Waals surface area contributed by atoms with E-state index in [2.05, 4.69) is 44.3 Å². The molecule has 0 spiro atoms. The van der Waals surface area contributed by atoms with Gasteiger partial charge in [0, 0.05) is 11.1 Å². The fourth-order valence-corrected chi connectivity index (χ4v) is 1.74. The van der Waals surface area contributed by atoms with Gasteiger partial charge in [-0.3, -0.25) is 0 Å². The number of halogens is 1. The first-order valence-electron chi connectivity index (χ1n) is 5.72. The Morgan fingerprint density at radius 1 is 1.50 bits per heavy atom. The molecular formula is C14H20ClN. The van der Waals surface area contributed by atoms with Crippen molar-refractivity contribution in [2.75, 3.05) is 6.54 Å². The maximum Gasteiger partial charge on any atom is 0.0441 e. The Bertz CT molecular complexity index is 382. The van der Waals surface area contributed by atoms with E-state index in [9.17, 15) is 0 Å². The molecule has 0 aliphatic heterocycles. The second-order valence-electron chi connectivity index (χ2n) is 4.18. The van der Waals surface area contributed by atoms with Crippen molar-refractivity contribution in [3.05, 3.63) is 39.9 Å². The highest BCUT2D eigenvalue weighted by Gasteiger charge is 2.02. The summed E-state index contributed by atoms with van der Waals surface area (Å²) < 4.78 is 0. The molecule has 0 fully saturated rings. The van der Waals surface area contributed by atoms with Gasteiger partial charge in [0.05, 0.1) is 0 Å². The van der Waals surface area contributed by atoms with Crippen LogP contribution in [0.1, 0.15) is 31.9 Å². The second-order valence-corrected chi connectivity index (χ2v) is 4.58. The van der Waals surface area contributed by atoms with Crippen molar-refractivity contribution in [3.63, 3.8) is 0 Å². The van der Waals surface area contributed by atoms with Gasteiger partial charge in [0.15, 0.2) is 0 Å². The Hall–Kier alpha value is -0.790. The molecule has 0 bridgehead atoms. The van der Waals surface area contributed by atoms with Gasteiger partial charge in [0.2, 0.25) is 0 Å². The summed E-state index contributed by atoms with van der Waals surface area (Å²) in [5, 5.41) is 4.22. The first kappa shape index (κ1) is 13.3. The van der Waals surface area contributed by atoms with Gasteiger partial charge < -0.3 is 5.32 Å². The minimum Gasteiger partial charge on any atom is -0.311 e. The van der Waals surface area contributed by atoms with Gasteiger partial charge >= 0.3 is 0 Å². The fraction of sp³-hybridized carbons (Fsp3) is 0.429. The van der Waals surface area contributed by atoms with Crippen LogP contribution in [0.4, 0.5) is 0 Å². The monoisotopic (exact) mass is 237 g/mol. The summed E-state index contributed by atoms with van der Waals surface area (Å²) in [6, 6.07) is 6.58. The van der Waals surface area contributed by atoms with Gasteiger partial charge in [-0.15, -0.1) is 0 Å². The summed E-state index contributed by atoms with van der Waals surface area (Å²) in [5.41, 5.74) is 3.61. The predicted molar refractivity (Wildman–Crippen MR) is 73.0 cm³/mol. The number of aryl methyl sites for hydroxylation is 1. The van der Waals surface area contributed by atoms with Crippen molar-refractivity contribution in [1.29, 1.82) is 0 Å². The highest BCUT2D eigenvalue weighted by Crippen LogP contribution is 2.19. The van der Waals surface area contributed by atoms with Crippen LogP contribution in [0.15, 0.2) is 23.8 Å². The highest BCUT2D eigenvalue weighted by atomic mass is 35.5. The van der Waals surface area contributed by atoms with Gasteiger partial charge in [0.1, 0.15) is 0 Å². The van der Waals surface area contributed by atoms with Crippen LogP contribution < -0.4 is 5.32 Å². The maximum atomic E-state index is 6.09. The molecule has 0 aliphatic rings. The van der Waals surface area contributed by atoms with Crippen molar-refractivity contribution in [1.82, 2.24) is 5.32 Å². The molecule has 0 radical (unpaired) electrons. The number of rotatable bonds is 4. The number of benzene rings is 1. The lowest BCUT2D eigenvalue weighted by atomic mass is 10.1. The fourth-order valence-electron chi connectivity index (χ4n) is 1.55. The summed E-state index contributed by atoms with van der Waals surface area (Å²) in [7, 11) is 0. The van der Waals surface area contributed by atoms with Crippen LogP contribution in [0, 0.1) is 6.92 Å². The zero-order chi connectivity index (χ0) is 12.1. The lowest BCUT2D eigenvalue weighted by Crippen LogP contribution is -2.26. The molecule has 1 N–H and O–H groups in total. The highest BCUT2D eigenvalue weighted by molar-refractivity contribution is 6.31. The Morgan fingerprint density at radius 2 is 2.19 bits per heavy atom. The Morgan fingerprint density at radius 3 is 2.75 bits per heavy atom. The molecule has 0 saturated heterocycles. The molecule has 1 aromatic carbocycles. The van der Waals surface area contributed by atoms with E-state index >= 15 is 0 Å². The summed E-state index contributed by atoms with van der Waals surface area (Å²) >= 11 is 6.09. The third kappa shape index (κ3) is 3.66. The van der Waals surface area contributed by atoms with E-state index in [1.165, 1.54) is 5.57 Å². The molecule has 0 amide bonds. The van der Waals surface area contributed by atoms with Gasteiger partial charge in [-0.1, -0.05) is 42.3 Å². The quantitative estimate of drug-likeness (QED) is 0.833. The molecular weight excluding hydrogens is 218 g/mol. The number of hydrogen-bond donors (Lipinski definition) is 1. The number of likely N-dealkylation sites (N-methyl/N-ethyl adjacent to an activating group) is 1. The minimum atomic E-state index is 0.407. The van der Waals surface area contributed by atoms with Crippen molar-refractivity contribution in [2.45, 2.75) is 33.7 Å². The third-order valence-corrected chi connectivity index (χ3v) is 3.19. The summed E-state index contributed by atoms with van der Waals surface area (Å²) in [5.74, 6) is 0. The first-order valence-corrected chi connectivity index (χ1v) is 6.10. The van der Waals surface area contributed by atoms with E-state index in [0.29, 0.717) is 6.04 Å². The van der Waals surface area contributed by atoms with Crippen LogP contribution in [-0.2, 0) is 0 Å². The largest absolute Gasteiger partial charge is 0.311 e. The van der Waals surface area contributed by atoms with Gasteiger partial charge in [-0.25, -0.2) is 0 Å². The van der Waals surface area contributed by atoms with Crippen LogP contribution in [0.2, 0.25) is 5.02 Å². The average Bonchev–Trinajstić information content (AvgIpc) is 2.24. The van der Waals surface area contributed by atoms with Crippen molar-refractivity contribution < 1.29 is 0 Å². The van der Waals surface area contributed by atoms with E-state index in [4.69, 9.17) is 11.6 Å². The SMILES string of the molecule is CCNC(C)/C(C)=C/c1ccc(C)c(Cl)c1. The van der Waals surface area contributed by atoms with E-state index < -0.39 is 0 Å². The molecule has 0 aliphatic carbocycles. The Balaban J connectivity index is 2.85. The third-order valence-electron chi connectivity index (χ3n) is 2.78. The molecule has 16 heavy (non-hydrogen) atoms. The van der Waals surface area contributed by atoms with Crippen LogP contribution in [0.3, 0.4) is 0 Å². The lowest BCUT2D eigenvalue weighted by molar-refractivity contribution is 0.636. The molecule has 1 unspecified atom stereocenters. The van der Waals surface area contributed by atoms with Crippen LogP contribution in [-0.4, -0.2) is 12.6 Å². The standard InChI is InChI=1S/C14H20ClN/c1-5-16-12(4)11(3)8-13-7-6-10(2)14(15)9-13/h6-9,12,16H,5H2,1-4H3/b11-8+. The zero-order valence-electron chi connectivity index (χ0n) is 10.5. The molecule has 0 saturated carbocycles. The van der Waals surface area contributed by atoms with Crippen molar-refractivity contribution in [2.24, 2.45) is 0 Å². The van der Waals surface area contributed by atoms with Crippen LogP contribution in [0.5, 0.6) is 0 Å². The summed E-state index contributed by atoms with van der Waals surface area (Å²) in [6.45, 7) is 9.43. The molecule has 0 aromatic heterocycles. The zero-order valence-corrected chi connectivity index (χ0v) is 11.2. The van der Waals surface area contributed by atoms with E-state index in [0.717, 1.165) is 22.7 Å². The minimum absolute atomic E-state index is 0.407. The number of hydrogen-bond acceptors (Lipinski definition) is 1. The topological polar surface area (TPSA) is 12.0 Å². The predicted octanol–water partition coefficient (Wildman–Crippen LogP) is 4.05. The molecule has 1 nitrogen and oxygen atoms in total. The molecule has 1 rings (SSSR count). The van der Waals surface area contributed by atoms with E-state index in [-0.39, 0.29) is 0 Å². The Labute approximate surface area is 104 Å². The second kappa shape index (κ2) is 6.07. The average molecular weight is 238 g/mol. The molecule has 0 heterocycles. The van der Waals surface area contributed by atoms with E-state index in [1.807, 2.05) is 13.0 Å². The summed E-state index contributed by atoms with van der Waals surface area (Å²) in [6.07, 6.45) is 2.18. The van der Waals surface area contributed by atoms with Crippen LogP contribution in [0.25, 0.3) is 6.08 Å². The lowest BCUT2D eigenvalue weighted by Gasteiger charge is -2.13. The van der Waals surface area contributed by atoms with Crippen molar-refractivity contribution >= 4 is 17.7 Å². The first-order chi connectivity index (χ1) is 7.54. The number of nitrogens with one attached hydrogen (secondary N) is 1. The summed E-state index contributed by atoms with van der Waals surface area (Å²) in [4.78, 5) is 0.